The fourth-order valence-corrected chi connectivity index (χ4v) is 2.94. The second kappa shape index (κ2) is 5.26. The summed E-state index contributed by atoms with van der Waals surface area (Å²) in [6.07, 6.45) is 3.27. The summed E-state index contributed by atoms with van der Waals surface area (Å²) in [6, 6.07) is 5.96. The Balaban J connectivity index is 1.71. The standard InChI is InChI=1S/C16H23NO3/c1-16(2)9-14(17)13-6-5-11(8-15(13)20-16)19-10-12-4-3-7-18-12/h5-6,8,12,14H,3-4,7,9-10,17H2,1-2H3. The van der Waals surface area contributed by atoms with E-state index < -0.39 is 0 Å². The molecule has 1 aromatic carbocycles. The van der Waals surface area contributed by atoms with E-state index in [1.807, 2.05) is 18.2 Å². The number of hydrogen-bond donors (Lipinski definition) is 1. The molecular formula is C16H23NO3. The minimum absolute atomic E-state index is 0.0287. The molecule has 0 aliphatic carbocycles. The van der Waals surface area contributed by atoms with Gasteiger partial charge in [-0.25, -0.2) is 0 Å². The molecule has 2 N–H and O–H groups in total. The summed E-state index contributed by atoms with van der Waals surface area (Å²) in [7, 11) is 0. The first-order valence-electron chi connectivity index (χ1n) is 7.36. The molecule has 4 heteroatoms. The Labute approximate surface area is 120 Å². The van der Waals surface area contributed by atoms with Crippen LogP contribution in [0.4, 0.5) is 0 Å². The molecule has 2 unspecified atom stereocenters. The highest BCUT2D eigenvalue weighted by atomic mass is 16.5. The zero-order chi connectivity index (χ0) is 14.2. The minimum Gasteiger partial charge on any atom is -0.491 e. The van der Waals surface area contributed by atoms with Gasteiger partial charge in [0, 0.05) is 30.7 Å². The highest BCUT2D eigenvalue weighted by molar-refractivity contribution is 5.44. The monoisotopic (exact) mass is 277 g/mol. The Morgan fingerprint density at radius 3 is 3.00 bits per heavy atom. The van der Waals surface area contributed by atoms with Gasteiger partial charge >= 0.3 is 0 Å². The first kappa shape index (κ1) is 13.7. The molecule has 20 heavy (non-hydrogen) atoms. The van der Waals surface area contributed by atoms with Crippen LogP contribution in [0.2, 0.25) is 0 Å². The summed E-state index contributed by atoms with van der Waals surface area (Å²) < 4.78 is 17.4. The third kappa shape index (κ3) is 2.91. The molecule has 0 radical (unpaired) electrons. The van der Waals surface area contributed by atoms with Crippen molar-refractivity contribution in [1.82, 2.24) is 0 Å². The lowest BCUT2D eigenvalue weighted by Gasteiger charge is -2.36. The topological polar surface area (TPSA) is 53.7 Å². The van der Waals surface area contributed by atoms with Gasteiger partial charge in [-0.2, -0.15) is 0 Å². The maximum Gasteiger partial charge on any atom is 0.128 e. The van der Waals surface area contributed by atoms with E-state index in [2.05, 4.69) is 13.8 Å². The van der Waals surface area contributed by atoms with Crippen molar-refractivity contribution in [2.75, 3.05) is 13.2 Å². The van der Waals surface area contributed by atoms with E-state index in [1.54, 1.807) is 0 Å². The number of nitrogens with two attached hydrogens (primary N) is 1. The third-order valence-corrected chi connectivity index (χ3v) is 3.94. The van der Waals surface area contributed by atoms with Crippen molar-refractivity contribution in [1.29, 1.82) is 0 Å². The van der Waals surface area contributed by atoms with Gasteiger partial charge < -0.3 is 19.9 Å². The average Bonchev–Trinajstić information content (AvgIpc) is 2.87. The van der Waals surface area contributed by atoms with E-state index in [9.17, 15) is 0 Å². The molecule has 0 bridgehead atoms. The number of benzene rings is 1. The van der Waals surface area contributed by atoms with E-state index in [0.29, 0.717) is 6.61 Å². The Morgan fingerprint density at radius 1 is 1.40 bits per heavy atom. The number of fused-ring (bicyclic) bond motifs is 1. The lowest BCUT2D eigenvalue weighted by atomic mass is 9.90. The smallest absolute Gasteiger partial charge is 0.128 e. The Kier molecular flexibility index (Phi) is 3.61. The quantitative estimate of drug-likeness (QED) is 0.923. The lowest BCUT2D eigenvalue weighted by Crippen LogP contribution is -2.37. The maximum atomic E-state index is 6.20. The van der Waals surface area contributed by atoms with Crippen LogP contribution in [0.5, 0.6) is 11.5 Å². The van der Waals surface area contributed by atoms with Gasteiger partial charge in [-0.05, 0) is 32.8 Å². The molecule has 110 valence electrons. The second-order valence-electron chi connectivity index (χ2n) is 6.32. The molecular weight excluding hydrogens is 254 g/mol. The Morgan fingerprint density at radius 2 is 2.25 bits per heavy atom. The van der Waals surface area contributed by atoms with E-state index in [-0.39, 0.29) is 17.7 Å². The molecule has 2 aliphatic rings. The van der Waals surface area contributed by atoms with E-state index in [0.717, 1.165) is 42.9 Å². The molecule has 1 fully saturated rings. The number of hydrogen-bond acceptors (Lipinski definition) is 4. The largest absolute Gasteiger partial charge is 0.491 e. The van der Waals surface area contributed by atoms with Gasteiger partial charge in [-0.15, -0.1) is 0 Å². The average molecular weight is 277 g/mol. The fourth-order valence-electron chi connectivity index (χ4n) is 2.94. The van der Waals surface area contributed by atoms with Crippen LogP contribution >= 0.6 is 0 Å². The predicted molar refractivity (Wildman–Crippen MR) is 77.2 cm³/mol. The maximum absolute atomic E-state index is 6.20. The molecule has 4 nitrogen and oxygen atoms in total. The van der Waals surface area contributed by atoms with Crippen LogP contribution in [-0.2, 0) is 4.74 Å². The minimum atomic E-state index is -0.223. The van der Waals surface area contributed by atoms with Crippen molar-refractivity contribution in [2.24, 2.45) is 5.73 Å². The van der Waals surface area contributed by atoms with Crippen LogP contribution in [0.25, 0.3) is 0 Å². The normalized spacial score (nSPS) is 27.8. The molecule has 2 atom stereocenters. The van der Waals surface area contributed by atoms with Gasteiger partial charge in [0.1, 0.15) is 23.7 Å². The summed E-state index contributed by atoms with van der Waals surface area (Å²) in [5.41, 5.74) is 7.05. The first-order chi connectivity index (χ1) is 9.53. The molecule has 0 aromatic heterocycles. The zero-order valence-electron chi connectivity index (χ0n) is 12.2. The SMILES string of the molecule is CC1(C)CC(N)c2ccc(OCC3CCCO3)cc2O1. The van der Waals surface area contributed by atoms with Crippen molar-refractivity contribution >= 4 is 0 Å². The molecule has 0 amide bonds. The number of rotatable bonds is 3. The van der Waals surface area contributed by atoms with Gasteiger partial charge in [0.2, 0.25) is 0 Å². The number of ether oxygens (including phenoxy) is 3. The van der Waals surface area contributed by atoms with E-state index in [4.69, 9.17) is 19.9 Å². The Hall–Kier alpha value is -1.26. The summed E-state index contributed by atoms with van der Waals surface area (Å²) in [6.45, 7) is 5.59. The summed E-state index contributed by atoms with van der Waals surface area (Å²) in [5, 5.41) is 0. The van der Waals surface area contributed by atoms with Gasteiger partial charge in [0.05, 0.1) is 6.10 Å². The highest BCUT2D eigenvalue weighted by Gasteiger charge is 2.32. The summed E-state index contributed by atoms with van der Waals surface area (Å²) >= 11 is 0. The Bertz CT molecular complexity index is 481. The van der Waals surface area contributed by atoms with Gasteiger partial charge in [-0.3, -0.25) is 0 Å². The molecule has 0 spiro atoms. The highest BCUT2D eigenvalue weighted by Crippen LogP contribution is 2.40. The van der Waals surface area contributed by atoms with Crippen LogP contribution in [0.1, 0.15) is 44.7 Å². The molecule has 2 aliphatic heterocycles. The van der Waals surface area contributed by atoms with Crippen LogP contribution < -0.4 is 15.2 Å². The molecule has 2 heterocycles. The van der Waals surface area contributed by atoms with Crippen molar-refractivity contribution in [3.8, 4) is 11.5 Å². The predicted octanol–water partition coefficient (Wildman–Crippen LogP) is 2.81. The van der Waals surface area contributed by atoms with Crippen LogP contribution in [-0.4, -0.2) is 24.9 Å². The van der Waals surface area contributed by atoms with E-state index in [1.165, 1.54) is 0 Å². The lowest BCUT2D eigenvalue weighted by molar-refractivity contribution is 0.0645. The zero-order valence-corrected chi connectivity index (χ0v) is 12.2. The van der Waals surface area contributed by atoms with Crippen molar-refractivity contribution < 1.29 is 14.2 Å². The third-order valence-electron chi connectivity index (χ3n) is 3.94. The molecule has 1 aromatic rings. The van der Waals surface area contributed by atoms with Crippen LogP contribution in [0.3, 0.4) is 0 Å². The molecule has 3 rings (SSSR count). The van der Waals surface area contributed by atoms with Gasteiger partial charge in [0.15, 0.2) is 0 Å². The molecule has 0 saturated carbocycles. The second-order valence-corrected chi connectivity index (χ2v) is 6.32. The fraction of sp³-hybridized carbons (Fsp3) is 0.625. The summed E-state index contributed by atoms with van der Waals surface area (Å²) in [5.74, 6) is 1.67. The van der Waals surface area contributed by atoms with Gasteiger partial charge in [0.25, 0.3) is 0 Å². The van der Waals surface area contributed by atoms with E-state index >= 15 is 0 Å². The molecule has 1 saturated heterocycles. The summed E-state index contributed by atoms with van der Waals surface area (Å²) in [4.78, 5) is 0. The van der Waals surface area contributed by atoms with Crippen molar-refractivity contribution in [2.45, 2.75) is 50.9 Å². The first-order valence-corrected chi connectivity index (χ1v) is 7.36. The van der Waals surface area contributed by atoms with Crippen molar-refractivity contribution in [3.05, 3.63) is 23.8 Å². The van der Waals surface area contributed by atoms with Crippen LogP contribution in [0, 0.1) is 0 Å². The van der Waals surface area contributed by atoms with Crippen LogP contribution in [0.15, 0.2) is 18.2 Å². The van der Waals surface area contributed by atoms with Gasteiger partial charge in [-0.1, -0.05) is 6.07 Å². The van der Waals surface area contributed by atoms with Crippen molar-refractivity contribution in [3.63, 3.8) is 0 Å².